The third-order valence-electron chi connectivity index (χ3n) is 5.48. The maximum atomic E-state index is 14.6. The first kappa shape index (κ1) is 20.7. The maximum Gasteiger partial charge on any atom is 0.325 e. The Morgan fingerprint density at radius 1 is 1.30 bits per heavy atom. The van der Waals surface area contributed by atoms with E-state index >= 15 is 0 Å². The van der Waals surface area contributed by atoms with Crippen LogP contribution < -0.4 is 0 Å². The van der Waals surface area contributed by atoms with E-state index in [2.05, 4.69) is 28.2 Å². The number of tetrazole rings is 1. The summed E-state index contributed by atoms with van der Waals surface area (Å²) >= 11 is 4.64. The van der Waals surface area contributed by atoms with E-state index < -0.39 is 12.0 Å². The zero-order chi connectivity index (χ0) is 21.3. The monoisotopic (exact) mass is 431 g/mol. The van der Waals surface area contributed by atoms with E-state index in [1.54, 1.807) is 24.3 Å². The van der Waals surface area contributed by atoms with Crippen LogP contribution in [-0.4, -0.2) is 60.3 Å². The number of carboxylic acids is 1. The van der Waals surface area contributed by atoms with Gasteiger partial charge < -0.3 is 5.11 Å². The molecule has 2 unspecified atom stereocenters. The number of carbonyl (C=O) groups excluding carboxylic acids is 1. The summed E-state index contributed by atoms with van der Waals surface area (Å²) in [5, 5.41) is 20.1. The molecule has 10 heteroatoms. The third-order valence-corrected chi connectivity index (χ3v) is 6.07. The first-order chi connectivity index (χ1) is 14.4. The van der Waals surface area contributed by atoms with Gasteiger partial charge in [-0.2, -0.15) is 12.6 Å². The van der Waals surface area contributed by atoms with Gasteiger partial charge >= 0.3 is 5.97 Å². The minimum atomic E-state index is -1.05. The Labute approximate surface area is 178 Å². The van der Waals surface area contributed by atoms with E-state index in [1.165, 1.54) is 10.7 Å². The van der Waals surface area contributed by atoms with Crippen LogP contribution in [0.5, 0.6) is 0 Å². The van der Waals surface area contributed by atoms with Gasteiger partial charge in [-0.25, -0.2) is 9.07 Å². The van der Waals surface area contributed by atoms with Crippen molar-refractivity contribution >= 4 is 30.5 Å². The summed E-state index contributed by atoms with van der Waals surface area (Å²) in [5.41, 5.74) is 1.25. The van der Waals surface area contributed by atoms with Crippen LogP contribution in [-0.2, 0) is 16.1 Å². The smallest absolute Gasteiger partial charge is 0.325 e. The SMILES string of the molecule is O=C(O)Cn1nnnc1C=C1CN(C(C(=O)C2CC2)c2ccccc2F)CCC1S. The second-order valence-electron chi connectivity index (χ2n) is 7.68. The molecule has 0 bridgehead atoms. The summed E-state index contributed by atoms with van der Waals surface area (Å²) < 4.78 is 15.8. The number of ketones is 1. The molecule has 2 aromatic rings. The van der Waals surface area contributed by atoms with E-state index in [0.717, 1.165) is 18.4 Å². The molecule has 1 saturated carbocycles. The molecule has 158 valence electrons. The topological polar surface area (TPSA) is 101 Å². The van der Waals surface area contributed by atoms with Gasteiger partial charge in [-0.15, -0.1) is 5.10 Å². The molecular weight excluding hydrogens is 409 g/mol. The van der Waals surface area contributed by atoms with Crippen molar-refractivity contribution < 1.29 is 19.1 Å². The van der Waals surface area contributed by atoms with Gasteiger partial charge in [0, 0.05) is 29.8 Å². The van der Waals surface area contributed by atoms with Gasteiger partial charge in [-0.05, 0) is 47.4 Å². The van der Waals surface area contributed by atoms with Crippen LogP contribution in [0.4, 0.5) is 4.39 Å². The van der Waals surface area contributed by atoms with Crippen molar-refractivity contribution in [2.75, 3.05) is 13.1 Å². The number of hydrogen-bond donors (Lipinski definition) is 2. The number of benzene rings is 1. The lowest BCUT2D eigenvalue weighted by molar-refractivity contribution is -0.138. The predicted molar refractivity (Wildman–Crippen MR) is 109 cm³/mol. The normalized spacial score (nSPS) is 22.2. The molecule has 4 rings (SSSR count). The Hall–Kier alpha value is -2.59. The highest BCUT2D eigenvalue weighted by molar-refractivity contribution is 7.81. The number of aliphatic carboxylic acids is 1. The van der Waals surface area contributed by atoms with Crippen LogP contribution in [0.25, 0.3) is 6.08 Å². The molecular formula is C20H22FN5O3S. The molecule has 1 aromatic carbocycles. The van der Waals surface area contributed by atoms with E-state index in [0.29, 0.717) is 30.9 Å². The standard InChI is InChI=1S/C20H22FN5O3S/c21-15-4-2-1-3-14(15)19(20(29)12-5-6-12)25-8-7-16(30)13(10-25)9-17-22-23-24-26(17)11-18(27)28/h1-4,9,12,16,19,30H,5-8,10-11H2,(H,27,28). The lowest BCUT2D eigenvalue weighted by atomic mass is 9.93. The number of hydrogen-bond acceptors (Lipinski definition) is 7. The third kappa shape index (κ3) is 4.44. The van der Waals surface area contributed by atoms with Gasteiger partial charge in [0.1, 0.15) is 12.4 Å². The summed E-state index contributed by atoms with van der Waals surface area (Å²) in [6, 6.07) is 5.76. The van der Waals surface area contributed by atoms with Gasteiger partial charge in [-0.1, -0.05) is 18.2 Å². The highest BCUT2D eigenvalue weighted by Gasteiger charge is 2.40. The van der Waals surface area contributed by atoms with E-state index in [1.807, 2.05) is 4.90 Å². The summed E-state index contributed by atoms with van der Waals surface area (Å²) in [6.07, 6.45) is 4.07. The largest absolute Gasteiger partial charge is 0.480 e. The minimum absolute atomic E-state index is 0.0152. The summed E-state index contributed by atoms with van der Waals surface area (Å²) in [6.45, 7) is 0.639. The highest BCUT2D eigenvalue weighted by Crippen LogP contribution is 2.39. The van der Waals surface area contributed by atoms with Crippen LogP contribution in [0, 0.1) is 11.7 Å². The molecule has 0 radical (unpaired) electrons. The van der Waals surface area contributed by atoms with Crippen LogP contribution in [0.15, 0.2) is 29.8 Å². The molecule has 0 amide bonds. The Bertz CT molecular complexity index is 990. The molecule has 1 saturated heterocycles. The number of carboxylic acid groups (broad SMARTS) is 1. The highest BCUT2D eigenvalue weighted by atomic mass is 32.1. The maximum absolute atomic E-state index is 14.6. The first-order valence-corrected chi connectivity index (χ1v) is 10.3. The number of likely N-dealkylation sites (tertiary alicyclic amines) is 1. The van der Waals surface area contributed by atoms with E-state index in [-0.39, 0.29) is 29.3 Å². The summed E-state index contributed by atoms with van der Waals surface area (Å²) in [7, 11) is 0. The molecule has 0 spiro atoms. The first-order valence-electron chi connectivity index (χ1n) is 9.82. The number of piperidine rings is 1. The zero-order valence-electron chi connectivity index (χ0n) is 16.2. The number of aromatic nitrogens is 4. The van der Waals surface area contributed by atoms with Crippen LogP contribution in [0.1, 0.15) is 36.7 Å². The average Bonchev–Trinajstić information content (AvgIpc) is 3.48. The molecule has 2 heterocycles. The lowest BCUT2D eigenvalue weighted by Gasteiger charge is -2.37. The van der Waals surface area contributed by atoms with Gasteiger partial charge in [0.25, 0.3) is 0 Å². The molecule has 2 atom stereocenters. The Balaban J connectivity index is 1.64. The number of halogens is 1. The van der Waals surface area contributed by atoms with Crippen molar-refractivity contribution in [1.82, 2.24) is 25.1 Å². The minimum Gasteiger partial charge on any atom is -0.480 e. The average molecular weight is 431 g/mol. The van der Waals surface area contributed by atoms with Crippen molar-refractivity contribution in [2.45, 2.75) is 37.1 Å². The van der Waals surface area contributed by atoms with Crippen molar-refractivity contribution in [2.24, 2.45) is 5.92 Å². The molecule has 1 aromatic heterocycles. The van der Waals surface area contributed by atoms with E-state index in [4.69, 9.17) is 5.11 Å². The second-order valence-corrected chi connectivity index (χ2v) is 8.31. The fourth-order valence-electron chi connectivity index (χ4n) is 3.79. The Kier molecular flexibility index (Phi) is 5.96. The molecule has 1 aliphatic heterocycles. The number of Topliss-reactive ketones (excluding diaryl/α,β-unsaturated/α-hetero) is 1. The molecule has 8 nitrogen and oxygen atoms in total. The number of nitrogens with zero attached hydrogens (tertiary/aromatic N) is 5. The van der Waals surface area contributed by atoms with Crippen molar-refractivity contribution in [3.05, 3.63) is 47.0 Å². The van der Waals surface area contributed by atoms with Crippen molar-refractivity contribution in [3.63, 3.8) is 0 Å². The lowest BCUT2D eigenvalue weighted by Crippen LogP contribution is -2.42. The summed E-state index contributed by atoms with van der Waals surface area (Å²) in [5.74, 6) is -1.10. The molecule has 2 fully saturated rings. The number of rotatable bonds is 7. The van der Waals surface area contributed by atoms with Crippen molar-refractivity contribution in [1.29, 1.82) is 0 Å². The Morgan fingerprint density at radius 3 is 2.77 bits per heavy atom. The van der Waals surface area contributed by atoms with Gasteiger partial charge in [0.05, 0.1) is 6.04 Å². The Morgan fingerprint density at radius 2 is 2.07 bits per heavy atom. The zero-order valence-corrected chi connectivity index (χ0v) is 17.1. The predicted octanol–water partition coefficient (Wildman–Crippen LogP) is 2.00. The quantitative estimate of drug-likeness (QED) is 0.647. The molecule has 1 aliphatic carbocycles. The molecule has 30 heavy (non-hydrogen) atoms. The second kappa shape index (κ2) is 8.65. The number of thiol groups is 1. The van der Waals surface area contributed by atoms with Gasteiger partial charge in [0.2, 0.25) is 0 Å². The van der Waals surface area contributed by atoms with Crippen LogP contribution in [0.3, 0.4) is 0 Å². The van der Waals surface area contributed by atoms with E-state index in [9.17, 15) is 14.0 Å². The van der Waals surface area contributed by atoms with Crippen molar-refractivity contribution in [3.8, 4) is 0 Å². The fraction of sp³-hybridized carbons (Fsp3) is 0.450. The van der Waals surface area contributed by atoms with Gasteiger partial charge in [-0.3, -0.25) is 14.5 Å². The van der Waals surface area contributed by atoms with Gasteiger partial charge in [0.15, 0.2) is 11.6 Å². The number of carbonyl (C=O) groups is 2. The fourth-order valence-corrected chi connectivity index (χ4v) is 4.07. The van der Waals surface area contributed by atoms with Crippen LogP contribution >= 0.6 is 12.6 Å². The molecule has 1 N–H and O–H groups in total. The molecule has 2 aliphatic rings. The summed E-state index contributed by atoms with van der Waals surface area (Å²) in [4.78, 5) is 26.1. The van der Waals surface area contributed by atoms with Crippen LogP contribution in [0.2, 0.25) is 0 Å².